The van der Waals surface area contributed by atoms with Gasteiger partial charge in [-0.1, -0.05) is 54.1 Å². The zero-order valence-corrected chi connectivity index (χ0v) is 16.2. The molecule has 4 nitrogen and oxygen atoms in total. The minimum atomic E-state index is -0.114. The Hall–Kier alpha value is -2.04. The first-order valence-electron chi connectivity index (χ1n) is 9.08. The molecular formula is C21H26ClN3O. The van der Waals surface area contributed by atoms with Crippen LogP contribution in [0.4, 0.5) is 5.69 Å². The van der Waals surface area contributed by atoms with Gasteiger partial charge in [0.2, 0.25) is 5.91 Å². The minimum Gasteiger partial charge on any atom is -0.368 e. The summed E-state index contributed by atoms with van der Waals surface area (Å²) in [6, 6.07) is 17.9. The number of para-hydroxylation sites is 1. The van der Waals surface area contributed by atoms with E-state index in [4.69, 9.17) is 11.6 Å². The number of carbonyl (C=O) groups excluding carboxylic acids is 1. The maximum Gasteiger partial charge on any atom is 0.239 e. The lowest BCUT2D eigenvalue weighted by Gasteiger charge is -2.39. The summed E-state index contributed by atoms with van der Waals surface area (Å²) in [6.07, 6.45) is 0. The van der Waals surface area contributed by atoms with Gasteiger partial charge in [0.05, 0.1) is 16.8 Å². The number of likely N-dealkylation sites (N-methyl/N-ethyl adjacent to an activating group) is 1. The average molecular weight is 372 g/mol. The third-order valence-corrected chi connectivity index (χ3v) is 5.37. The quantitative estimate of drug-likeness (QED) is 0.804. The molecule has 1 amide bonds. The maximum atomic E-state index is 12.8. The van der Waals surface area contributed by atoms with Crippen molar-refractivity contribution >= 4 is 23.2 Å². The molecule has 1 atom stereocenters. The lowest BCUT2D eigenvalue weighted by molar-refractivity contribution is -0.135. The van der Waals surface area contributed by atoms with E-state index in [1.807, 2.05) is 55.3 Å². The van der Waals surface area contributed by atoms with Crippen molar-refractivity contribution in [3.8, 4) is 0 Å². The van der Waals surface area contributed by atoms with Gasteiger partial charge in [0.25, 0.3) is 0 Å². The van der Waals surface area contributed by atoms with Crippen molar-refractivity contribution in [3.63, 3.8) is 0 Å². The van der Waals surface area contributed by atoms with E-state index in [1.165, 1.54) is 0 Å². The van der Waals surface area contributed by atoms with Crippen LogP contribution < -0.4 is 4.90 Å². The molecule has 0 aromatic heterocycles. The Kier molecular flexibility index (Phi) is 6.17. The highest BCUT2D eigenvalue weighted by molar-refractivity contribution is 6.33. The van der Waals surface area contributed by atoms with Gasteiger partial charge in [-0.25, -0.2) is 0 Å². The number of amides is 1. The molecule has 1 saturated heterocycles. The van der Waals surface area contributed by atoms with Crippen molar-refractivity contribution in [1.29, 1.82) is 0 Å². The number of nitrogens with zero attached hydrogens (tertiary/aromatic N) is 3. The Morgan fingerprint density at radius 2 is 1.65 bits per heavy atom. The van der Waals surface area contributed by atoms with Crippen LogP contribution in [0.5, 0.6) is 0 Å². The number of hydrogen-bond acceptors (Lipinski definition) is 3. The van der Waals surface area contributed by atoms with E-state index in [2.05, 4.69) is 28.0 Å². The number of anilines is 1. The topological polar surface area (TPSA) is 26.8 Å². The van der Waals surface area contributed by atoms with Gasteiger partial charge >= 0.3 is 0 Å². The van der Waals surface area contributed by atoms with Crippen molar-refractivity contribution in [3.05, 3.63) is 65.2 Å². The highest BCUT2D eigenvalue weighted by Gasteiger charge is 2.28. The van der Waals surface area contributed by atoms with E-state index >= 15 is 0 Å². The molecule has 138 valence electrons. The van der Waals surface area contributed by atoms with Gasteiger partial charge < -0.3 is 9.80 Å². The molecule has 26 heavy (non-hydrogen) atoms. The van der Waals surface area contributed by atoms with Crippen LogP contribution in [0.2, 0.25) is 5.02 Å². The summed E-state index contributed by atoms with van der Waals surface area (Å²) in [6.45, 7) is 6.13. The fourth-order valence-corrected chi connectivity index (χ4v) is 3.72. The van der Waals surface area contributed by atoms with Crippen LogP contribution >= 0.6 is 11.6 Å². The second-order valence-electron chi connectivity index (χ2n) is 6.83. The standard InChI is InChI=1S/C21H26ClN3O/c1-17(21(26)23(2)16-18-8-4-3-5-9-18)24-12-14-25(15-13-24)20-11-7-6-10-19(20)22/h3-11,17H,12-16H2,1-2H3/t17-/m1/s1. The number of carbonyl (C=O) groups is 1. The lowest BCUT2D eigenvalue weighted by atomic mass is 10.1. The molecule has 3 rings (SSSR count). The molecule has 0 bridgehead atoms. The van der Waals surface area contributed by atoms with E-state index in [1.54, 1.807) is 0 Å². The Balaban J connectivity index is 1.55. The summed E-state index contributed by atoms with van der Waals surface area (Å²) in [5.41, 5.74) is 2.23. The van der Waals surface area contributed by atoms with Crippen LogP contribution in [0.3, 0.4) is 0 Å². The molecule has 0 aliphatic carbocycles. The summed E-state index contributed by atoms with van der Waals surface area (Å²) in [5, 5.41) is 0.785. The van der Waals surface area contributed by atoms with Crippen molar-refractivity contribution < 1.29 is 4.79 Å². The first-order valence-corrected chi connectivity index (χ1v) is 9.46. The van der Waals surface area contributed by atoms with Gasteiger partial charge in [-0.3, -0.25) is 9.69 Å². The summed E-state index contributed by atoms with van der Waals surface area (Å²) >= 11 is 6.31. The normalized spacial score (nSPS) is 16.3. The zero-order valence-electron chi connectivity index (χ0n) is 15.4. The molecule has 2 aromatic rings. The smallest absolute Gasteiger partial charge is 0.239 e. The van der Waals surface area contributed by atoms with Crippen LogP contribution in [0.1, 0.15) is 12.5 Å². The molecule has 0 saturated carbocycles. The van der Waals surface area contributed by atoms with E-state index in [0.717, 1.165) is 42.5 Å². The zero-order chi connectivity index (χ0) is 18.5. The van der Waals surface area contributed by atoms with Gasteiger partial charge in [-0.05, 0) is 24.6 Å². The lowest BCUT2D eigenvalue weighted by Crippen LogP contribution is -2.54. The van der Waals surface area contributed by atoms with E-state index in [0.29, 0.717) is 6.54 Å². The number of hydrogen-bond donors (Lipinski definition) is 0. The van der Waals surface area contributed by atoms with Crippen molar-refractivity contribution in [2.75, 3.05) is 38.1 Å². The van der Waals surface area contributed by atoms with Crippen LogP contribution in [-0.4, -0.2) is 55.0 Å². The number of benzene rings is 2. The summed E-state index contributed by atoms with van der Waals surface area (Å²) < 4.78 is 0. The van der Waals surface area contributed by atoms with Crippen LogP contribution in [-0.2, 0) is 11.3 Å². The second kappa shape index (κ2) is 8.56. The van der Waals surface area contributed by atoms with Gasteiger partial charge in [-0.2, -0.15) is 0 Å². The number of rotatable bonds is 5. The maximum absolute atomic E-state index is 12.8. The van der Waals surface area contributed by atoms with Crippen molar-refractivity contribution in [2.45, 2.75) is 19.5 Å². The summed E-state index contributed by atoms with van der Waals surface area (Å²) in [5.74, 6) is 0.167. The molecule has 0 N–H and O–H groups in total. The van der Waals surface area contributed by atoms with E-state index in [9.17, 15) is 4.79 Å². The monoisotopic (exact) mass is 371 g/mol. The summed E-state index contributed by atoms with van der Waals surface area (Å²) in [7, 11) is 1.88. The molecule has 1 aliphatic heterocycles. The molecule has 2 aromatic carbocycles. The first kappa shape index (κ1) is 18.7. The Morgan fingerprint density at radius 1 is 1.04 bits per heavy atom. The fourth-order valence-electron chi connectivity index (χ4n) is 3.47. The van der Waals surface area contributed by atoms with Crippen LogP contribution in [0.15, 0.2) is 54.6 Å². The van der Waals surface area contributed by atoms with E-state index < -0.39 is 0 Å². The highest BCUT2D eigenvalue weighted by Crippen LogP contribution is 2.26. The molecule has 0 spiro atoms. The predicted molar refractivity (Wildman–Crippen MR) is 108 cm³/mol. The fraction of sp³-hybridized carbons (Fsp3) is 0.381. The SMILES string of the molecule is C[C@H](C(=O)N(C)Cc1ccccc1)N1CCN(c2ccccc2Cl)CC1. The van der Waals surface area contributed by atoms with Crippen LogP contribution in [0, 0.1) is 0 Å². The minimum absolute atomic E-state index is 0.114. The Labute approximate surface area is 161 Å². The predicted octanol–water partition coefficient (Wildman–Crippen LogP) is 3.51. The molecule has 0 radical (unpaired) electrons. The Bertz CT molecular complexity index is 729. The average Bonchev–Trinajstić information content (AvgIpc) is 2.68. The largest absolute Gasteiger partial charge is 0.368 e. The van der Waals surface area contributed by atoms with Gasteiger partial charge in [0.1, 0.15) is 0 Å². The molecule has 1 aliphatic rings. The molecule has 5 heteroatoms. The molecule has 0 unspecified atom stereocenters. The van der Waals surface area contributed by atoms with Gasteiger partial charge in [0, 0.05) is 39.8 Å². The number of halogens is 1. The van der Waals surface area contributed by atoms with E-state index in [-0.39, 0.29) is 11.9 Å². The van der Waals surface area contributed by atoms with Crippen LogP contribution in [0.25, 0.3) is 0 Å². The third-order valence-electron chi connectivity index (χ3n) is 5.05. The molecule has 1 heterocycles. The number of piperazine rings is 1. The first-order chi connectivity index (χ1) is 12.6. The van der Waals surface area contributed by atoms with Gasteiger partial charge in [-0.15, -0.1) is 0 Å². The second-order valence-corrected chi connectivity index (χ2v) is 7.24. The highest BCUT2D eigenvalue weighted by atomic mass is 35.5. The summed E-state index contributed by atoms with van der Waals surface area (Å²) in [4.78, 5) is 19.2. The molecular weight excluding hydrogens is 346 g/mol. The van der Waals surface area contributed by atoms with Crippen molar-refractivity contribution in [1.82, 2.24) is 9.80 Å². The molecule has 1 fully saturated rings. The third kappa shape index (κ3) is 4.37. The Morgan fingerprint density at radius 3 is 2.31 bits per heavy atom. The van der Waals surface area contributed by atoms with Crippen molar-refractivity contribution in [2.24, 2.45) is 0 Å². The van der Waals surface area contributed by atoms with Gasteiger partial charge in [0.15, 0.2) is 0 Å².